The van der Waals surface area contributed by atoms with Gasteiger partial charge in [0.15, 0.2) is 0 Å². The molecule has 1 aromatic rings. The zero-order valence-corrected chi connectivity index (χ0v) is 11.9. The number of hydrogen-bond acceptors (Lipinski definition) is 4. The molecule has 0 fully saturated rings. The van der Waals surface area contributed by atoms with Gasteiger partial charge in [0.2, 0.25) is 0 Å². The molecule has 6 heteroatoms. The first-order chi connectivity index (χ1) is 9.42. The normalized spacial score (nSPS) is 11.9. The zero-order chi connectivity index (χ0) is 15.3. The van der Waals surface area contributed by atoms with Crippen LogP contribution in [0.3, 0.4) is 0 Å². The highest BCUT2D eigenvalue weighted by atomic mass is 19.1. The molecule has 0 bridgehead atoms. The van der Waals surface area contributed by atoms with Crippen molar-refractivity contribution in [3.05, 3.63) is 29.6 Å². The minimum absolute atomic E-state index is 0.106. The van der Waals surface area contributed by atoms with E-state index in [0.717, 1.165) is 6.07 Å². The van der Waals surface area contributed by atoms with Crippen molar-refractivity contribution in [2.45, 2.75) is 19.9 Å². The summed E-state index contributed by atoms with van der Waals surface area (Å²) in [6, 6.07) is 3.21. The van der Waals surface area contributed by atoms with Crippen LogP contribution < -0.4 is 10.1 Å². The fourth-order valence-corrected chi connectivity index (χ4v) is 1.73. The van der Waals surface area contributed by atoms with Gasteiger partial charge < -0.3 is 14.8 Å². The molecular formula is C14H18FNO4. The molecule has 110 valence electrons. The van der Waals surface area contributed by atoms with Crippen molar-refractivity contribution >= 4 is 11.9 Å². The number of carbonyl (C=O) groups is 2. The van der Waals surface area contributed by atoms with E-state index in [9.17, 15) is 14.0 Å². The highest BCUT2D eigenvalue weighted by molar-refractivity contribution is 5.99. The molecule has 1 aromatic carbocycles. The van der Waals surface area contributed by atoms with Gasteiger partial charge in [0.25, 0.3) is 5.91 Å². The van der Waals surface area contributed by atoms with Crippen molar-refractivity contribution in [3.8, 4) is 5.75 Å². The lowest BCUT2D eigenvalue weighted by Gasteiger charge is -2.20. The van der Waals surface area contributed by atoms with Crippen LogP contribution in [0.5, 0.6) is 5.75 Å². The lowest BCUT2D eigenvalue weighted by atomic mass is 10.0. The Labute approximate surface area is 117 Å². The number of amides is 1. The monoisotopic (exact) mass is 283 g/mol. The molecule has 0 aliphatic rings. The molecule has 1 rings (SSSR count). The van der Waals surface area contributed by atoms with E-state index in [-0.39, 0.29) is 17.2 Å². The summed E-state index contributed by atoms with van der Waals surface area (Å²) in [5.41, 5.74) is -0.232. The second-order valence-corrected chi connectivity index (χ2v) is 4.54. The van der Waals surface area contributed by atoms with Gasteiger partial charge in [0.05, 0.1) is 14.2 Å². The summed E-state index contributed by atoms with van der Waals surface area (Å²) in [7, 11) is 2.57. The summed E-state index contributed by atoms with van der Waals surface area (Å²) in [4.78, 5) is 23.7. The molecule has 0 saturated carbocycles. The third-order valence-electron chi connectivity index (χ3n) is 2.83. The van der Waals surface area contributed by atoms with Gasteiger partial charge in [-0.2, -0.15) is 0 Å². The molecule has 5 nitrogen and oxygen atoms in total. The third kappa shape index (κ3) is 3.46. The first-order valence-electron chi connectivity index (χ1n) is 6.13. The number of rotatable bonds is 5. The summed E-state index contributed by atoms with van der Waals surface area (Å²) in [5, 5.41) is 2.47. The van der Waals surface area contributed by atoms with Gasteiger partial charge in [0.1, 0.15) is 23.2 Å². The van der Waals surface area contributed by atoms with E-state index in [1.54, 1.807) is 13.8 Å². The first kappa shape index (κ1) is 15.9. The van der Waals surface area contributed by atoms with Crippen molar-refractivity contribution in [2.24, 2.45) is 5.92 Å². The highest BCUT2D eigenvalue weighted by Gasteiger charge is 2.27. The van der Waals surface area contributed by atoms with E-state index in [1.807, 2.05) is 0 Å². The molecule has 0 aliphatic carbocycles. The maximum atomic E-state index is 13.8. The van der Waals surface area contributed by atoms with Crippen LogP contribution >= 0.6 is 0 Å². The quantitative estimate of drug-likeness (QED) is 0.836. The van der Waals surface area contributed by atoms with Gasteiger partial charge in [-0.1, -0.05) is 19.9 Å². The molecule has 0 saturated heterocycles. The van der Waals surface area contributed by atoms with E-state index in [0.29, 0.717) is 0 Å². The summed E-state index contributed by atoms with van der Waals surface area (Å²) < 4.78 is 23.3. The highest BCUT2D eigenvalue weighted by Crippen LogP contribution is 2.21. The zero-order valence-electron chi connectivity index (χ0n) is 11.9. The molecule has 0 radical (unpaired) electrons. The van der Waals surface area contributed by atoms with E-state index in [1.165, 1.54) is 26.4 Å². The number of nitrogens with one attached hydrogen (secondary N) is 1. The number of esters is 1. The summed E-state index contributed by atoms with van der Waals surface area (Å²) in [6.07, 6.45) is 0. The topological polar surface area (TPSA) is 64.6 Å². The number of halogens is 1. The van der Waals surface area contributed by atoms with Gasteiger partial charge in [-0.25, -0.2) is 9.18 Å². The summed E-state index contributed by atoms with van der Waals surface area (Å²) >= 11 is 0. The number of benzene rings is 1. The average molecular weight is 283 g/mol. The second kappa shape index (κ2) is 6.88. The Balaban J connectivity index is 3.04. The second-order valence-electron chi connectivity index (χ2n) is 4.54. The molecule has 0 aromatic heterocycles. The standard InChI is InChI=1S/C14H18FNO4/c1-8(2)12(14(18)20-4)16-13(17)11-9(15)6-5-7-10(11)19-3/h5-8,12H,1-4H3,(H,16,17). The average Bonchev–Trinajstić information content (AvgIpc) is 2.42. The van der Waals surface area contributed by atoms with Gasteiger partial charge in [-0.3, -0.25) is 4.79 Å². The Kier molecular flexibility index (Phi) is 5.49. The van der Waals surface area contributed by atoms with E-state index in [4.69, 9.17) is 4.74 Å². The van der Waals surface area contributed by atoms with Gasteiger partial charge in [0, 0.05) is 0 Å². The van der Waals surface area contributed by atoms with Gasteiger partial charge in [-0.15, -0.1) is 0 Å². The van der Waals surface area contributed by atoms with Crippen LogP contribution in [0.2, 0.25) is 0 Å². The number of ether oxygens (including phenoxy) is 2. The molecule has 1 amide bonds. The van der Waals surface area contributed by atoms with E-state index < -0.39 is 23.7 Å². The summed E-state index contributed by atoms with van der Waals surface area (Å²) in [6.45, 7) is 3.50. The Morgan fingerprint density at radius 2 is 1.90 bits per heavy atom. The van der Waals surface area contributed by atoms with Crippen molar-refractivity contribution in [2.75, 3.05) is 14.2 Å². The molecule has 20 heavy (non-hydrogen) atoms. The lowest BCUT2D eigenvalue weighted by Crippen LogP contribution is -2.45. The van der Waals surface area contributed by atoms with E-state index in [2.05, 4.69) is 10.1 Å². The molecule has 0 aliphatic heterocycles. The molecule has 0 spiro atoms. The fourth-order valence-electron chi connectivity index (χ4n) is 1.73. The SMILES string of the molecule is COC(=O)C(NC(=O)c1c(F)cccc1OC)C(C)C. The van der Waals surface area contributed by atoms with Gasteiger partial charge in [-0.05, 0) is 18.1 Å². The number of hydrogen-bond donors (Lipinski definition) is 1. The Morgan fingerprint density at radius 1 is 1.25 bits per heavy atom. The van der Waals surface area contributed by atoms with Crippen molar-refractivity contribution in [1.29, 1.82) is 0 Å². The van der Waals surface area contributed by atoms with Gasteiger partial charge >= 0.3 is 5.97 Å². The Hall–Kier alpha value is -2.11. The third-order valence-corrected chi connectivity index (χ3v) is 2.83. The molecular weight excluding hydrogens is 265 g/mol. The number of methoxy groups -OCH3 is 2. The predicted octanol–water partition coefficient (Wildman–Crippen LogP) is 1.76. The van der Waals surface area contributed by atoms with Crippen LogP contribution in [0, 0.1) is 11.7 Å². The van der Waals surface area contributed by atoms with Crippen LogP contribution in [0.4, 0.5) is 4.39 Å². The molecule has 1 N–H and O–H groups in total. The van der Waals surface area contributed by atoms with Crippen LogP contribution in [0.25, 0.3) is 0 Å². The number of carbonyl (C=O) groups excluding carboxylic acids is 2. The fraction of sp³-hybridized carbons (Fsp3) is 0.429. The van der Waals surface area contributed by atoms with E-state index >= 15 is 0 Å². The minimum atomic E-state index is -0.850. The first-order valence-corrected chi connectivity index (χ1v) is 6.13. The van der Waals surface area contributed by atoms with Crippen molar-refractivity contribution in [3.63, 3.8) is 0 Å². The minimum Gasteiger partial charge on any atom is -0.496 e. The van der Waals surface area contributed by atoms with Crippen molar-refractivity contribution < 1.29 is 23.5 Å². The molecule has 1 unspecified atom stereocenters. The predicted molar refractivity (Wildman–Crippen MR) is 71.1 cm³/mol. The maximum Gasteiger partial charge on any atom is 0.328 e. The van der Waals surface area contributed by atoms with Crippen LogP contribution in [0.15, 0.2) is 18.2 Å². The van der Waals surface area contributed by atoms with Crippen LogP contribution in [-0.4, -0.2) is 32.1 Å². The molecule has 1 atom stereocenters. The van der Waals surface area contributed by atoms with Crippen molar-refractivity contribution in [1.82, 2.24) is 5.32 Å². The maximum absolute atomic E-state index is 13.8. The molecule has 0 heterocycles. The largest absolute Gasteiger partial charge is 0.496 e. The summed E-state index contributed by atoms with van der Waals surface area (Å²) in [5.74, 6) is -2.10. The van der Waals surface area contributed by atoms with Crippen LogP contribution in [-0.2, 0) is 9.53 Å². The Morgan fingerprint density at radius 3 is 2.40 bits per heavy atom. The Bertz CT molecular complexity index is 502. The smallest absolute Gasteiger partial charge is 0.328 e. The van der Waals surface area contributed by atoms with Crippen LogP contribution in [0.1, 0.15) is 24.2 Å². The lowest BCUT2D eigenvalue weighted by molar-refractivity contribution is -0.144.